The van der Waals surface area contributed by atoms with E-state index in [1.165, 1.54) is 12.8 Å². The highest BCUT2D eigenvalue weighted by atomic mass is 16.5. The lowest BCUT2D eigenvalue weighted by molar-refractivity contribution is -0.139. The third-order valence-corrected chi connectivity index (χ3v) is 2.51. The van der Waals surface area contributed by atoms with Crippen LogP contribution in [0.3, 0.4) is 0 Å². The van der Waals surface area contributed by atoms with Gasteiger partial charge in [-0.05, 0) is 32.3 Å². The van der Waals surface area contributed by atoms with Gasteiger partial charge >= 0.3 is 5.97 Å². The van der Waals surface area contributed by atoms with E-state index in [1.54, 1.807) is 6.92 Å². The lowest BCUT2D eigenvalue weighted by Crippen LogP contribution is -2.22. The fourth-order valence-corrected chi connectivity index (χ4v) is 1.56. The predicted molar refractivity (Wildman–Crippen MR) is 67.3 cm³/mol. The molecule has 0 aliphatic rings. The van der Waals surface area contributed by atoms with Gasteiger partial charge in [-0.15, -0.1) is 0 Å². The minimum atomic E-state index is -0.451. The Labute approximate surface area is 103 Å². The molecule has 4 nitrogen and oxygen atoms in total. The normalized spacial score (nSPS) is 11.7. The van der Waals surface area contributed by atoms with Crippen molar-refractivity contribution in [2.75, 3.05) is 6.61 Å². The first-order chi connectivity index (χ1) is 8.17. The van der Waals surface area contributed by atoms with Gasteiger partial charge in [0.2, 0.25) is 6.41 Å². The van der Waals surface area contributed by atoms with Crippen molar-refractivity contribution in [1.82, 2.24) is 5.32 Å². The summed E-state index contributed by atoms with van der Waals surface area (Å²) in [6, 6.07) is 0. The summed E-state index contributed by atoms with van der Waals surface area (Å²) in [5, 5.41) is 2.43. The third kappa shape index (κ3) is 6.76. The maximum atomic E-state index is 11.6. The second-order valence-corrected chi connectivity index (χ2v) is 3.95. The molecule has 0 fully saturated rings. The van der Waals surface area contributed by atoms with Gasteiger partial charge in [0.25, 0.3) is 0 Å². The zero-order chi connectivity index (χ0) is 13.1. The molecule has 0 unspecified atom stereocenters. The molecule has 0 aromatic carbocycles. The Kier molecular flexibility index (Phi) is 9.11. The molecule has 1 N–H and O–H groups in total. The van der Waals surface area contributed by atoms with Crippen LogP contribution in [0, 0.1) is 0 Å². The Bertz CT molecular complexity index is 272. The number of unbranched alkanes of at least 4 members (excludes halogenated alkanes) is 3. The van der Waals surface area contributed by atoms with Gasteiger partial charge in [-0.3, -0.25) is 4.79 Å². The summed E-state index contributed by atoms with van der Waals surface area (Å²) in [5.41, 5.74) is 1.17. The van der Waals surface area contributed by atoms with E-state index in [4.69, 9.17) is 4.74 Å². The standard InChI is InChI=1S/C13H23NO3/c1-4-6-7-8-9-11(3)12(14-10-15)13(16)17-5-2/h10H,4-9H2,1-3H3,(H,14,15)/b12-11-. The van der Waals surface area contributed by atoms with Crippen LogP contribution < -0.4 is 5.32 Å². The van der Waals surface area contributed by atoms with E-state index in [-0.39, 0.29) is 0 Å². The number of amides is 1. The summed E-state index contributed by atoms with van der Waals surface area (Å²) >= 11 is 0. The molecule has 0 aromatic heterocycles. The molecule has 0 spiro atoms. The monoisotopic (exact) mass is 241 g/mol. The van der Waals surface area contributed by atoms with Crippen molar-refractivity contribution >= 4 is 12.4 Å². The number of esters is 1. The van der Waals surface area contributed by atoms with Gasteiger partial charge in [-0.1, -0.05) is 26.2 Å². The molecule has 0 bridgehead atoms. The summed E-state index contributed by atoms with van der Waals surface area (Å²) in [6.45, 7) is 6.06. The van der Waals surface area contributed by atoms with Crippen molar-refractivity contribution in [2.45, 2.75) is 52.9 Å². The van der Waals surface area contributed by atoms with Crippen LogP contribution in [0.5, 0.6) is 0 Å². The van der Waals surface area contributed by atoms with E-state index in [0.29, 0.717) is 18.7 Å². The van der Waals surface area contributed by atoms with Gasteiger partial charge < -0.3 is 10.1 Å². The van der Waals surface area contributed by atoms with Crippen molar-refractivity contribution in [2.24, 2.45) is 0 Å². The quantitative estimate of drug-likeness (QED) is 0.292. The summed E-state index contributed by atoms with van der Waals surface area (Å²) in [4.78, 5) is 22.0. The third-order valence-electron chi connectivity index (χ3n) is 2.51. The molecule has 0 atom stereocenters. The Hall–Kier alpha value is -1.32. The zero-order valence-electron chi connectivity index (χ0n) is 11.0. The Morgan fingerprint density at radius 1 is 1.24 bits per heavy atom. The lowest BCUT2D eigenvalue weighted by Gasteiger charge is -2.10. The van der Waals surface area contributed by atoms with Gasteiger partial charge in [-0.25, -0.2) is 4.79 Å². The Balaban J connectivity index is 4.40. The molecule has 0 heterocycles. The number of carbonyl (C=O) groups is 2. The van der Waals surface area contributed by atoms with Crippen LogP contribution in [0.1, 0.15) is 52.9 Å². The van der Waals surface area contributed by atoms with Crippen molar-refractivity contribution in [3.05, 3.63) is 11.3 Å². The average Bonchev–Trinajstić information content (AvgIpc) is 2.31. The van der Waals surface area contributed by atoms with Gasteiger partial charge in [0.1, 0.15) is 5.70 Å². The van der Waals surface area contributed by atoms with Crippen molar-refractivity contribution in [3.8, 4) is 0 Å². The number of carbonyl (C=O) groups excluding carboxylic acids is 2. The first-order valence-electron chi connectivity index (χ1n) is 6.24. The van der Waals surface area contributed by atoms with Crippen molar-refractivity contribution < 1.29 is 14.3 Å². The fourth-order valence-electron chi connectivity index (χ4n) is 1.56. The molecular weight excluding hydrogens is 218 g/mol. The summed E-state index contributed by atoms with van der Waals surface area (Å²) in [7, 11) is 0. The van der Waals surface area contributed by atoms with Crippen LogP contribution >= 0.6 is 0 Å². The molecule has 0 aliphatic heterocycles. The predicted octanol–water partition coefficient (Wildman–Crippen LogP) is 2.54. The number of hydrogen-bond donors (Lipinski definition) is 1. The minimum Gasteiger partial charge on any atom is -0.461 e. The first kappa shape index (κ1) is 15.7. The molecule has 0 aromatic rings. The van der Waals surface area contributed by atoms with Crippen LogP contribution in [-0.2, 0) is 14.3 Å². The number of ether oxygens (including phenoxy) is 1. The average molecular weight is 241 g/mol. The van der Waals surface area contributed by atoms with Crippen LogP contribution in [0.2, 0.25) is 0 Å². The molecular formula is C13H23NO3. The maximum Gasteiger partial charge on any atom is 0.354 e. The van der Waals surface area contributed by atoms with Gasteiger partial charge in [0.05, 0.1) is 6.61 Å². The highest BCUT2D eigenvalue weighted by Gasteiger charge is 2.13. The molecule has 98 valence electrons. The van der Waals surface area contributed by atoms with E-state index >= 15 is 0 Å². The smallest absolute Gasteiger partial charge is 0.354 e. The molecule has 1 amide bonds. The number of nitrogens with one attached hydrogen (secondary N) is 1. The summed E-state index contributed by atoms with van der Waals surface area (Å²) in [6.07, 6.45) is 5.88. The molecule has 0 radical (unpaired) electrons. The number of allylic oxidation sites excluding steroid dienone is 1. The van der Waals surface area contributed by atoms with Crippen LogP contribution in [-0.4, -0.2) is 19.0 Å². The second kappa shape index (κ2) is 9.87. The van der Waals surface area contributed by atoms with Gasteiger partial charge in [-0.2, -0.15) is 0 Å². The lowest BCUT2D eigenvalue weighted by atomic mass is 10.1. The molecule has 4 heteroatoms. The van der Waals surface area contributed by atoms with E-state index in [1.807, 2.05) is 6.92 Å². The van der Waals surface area contributed by atoms with Crippen molar-refractivity contribution in [3.63, 3.8) is 0 Å². The van der Waals surface area contributed by atoms with Crippen LogP contribution in [0.25, 0.3) is 0 Å². The molecule has 0 saturated carbocycles. The van der Waals surface area contributed by atoms with Crippen LogP contribution in [0.4, 0.5) is 0 Å². The van der Waals surface area contributed by atoms with Crippen molar-refractivity contribution in [1.29, 1.82) is 0 Å². The Morgan fingerprint density at radius 2 is 1.94 bits per heavy atom. The largest absolute Gasteiger partial charge is 0.461 e. The highest BCUT2D eigenvalue weighted by Crippen LogP contribution is 2.13. The topological polar surface area (TPSA) is 55.4 Å². The Morgan fingerprint density at radius 3 is 2.47 bits per heavy atom. The highest BCUT2D eigenvalue weighted by molar-refractivity contribution is 5.90. The molecule has 17 heavy (non-hydrogen) atoms. The SMILES string of the molecule is CCCCCC/C(C)=C(\NC=O)C(=O)OCC. The molecule has 0 rings (SSSR count). The van der Waals surface area contributed by atoms with E-state index in [2.05, 4.69) is 12.2 Å². The van der Waals surface area contributed by atoms with E-state index in [9.17, 15) is 9.59 Å². The summed E-state index contributed by atoms with van der Waals surface area (Å²) in [5.74, 6) is -0.451. The number of rotatable bonds is 9. The number of hydrogen-bond acceptors (Lipinski definition) is 3. The molecule has 0 saturated heterocycles. The van der Waals surface area contributed by atoms with E-state index < -0.39 is 5.97 Å². The minimum absolute atomic E-state index is 0.290. The van der Waals surface area contributed by atoms with Crippen LogP contribution in [0.15, 0.2) is 11.3 Å². The van der Waals surface area contributed by atoms with E-state index in [0.717, 1.165) is 24.8 Å². The summed E-state index contributed by atoms with van der Waals surface area (Å²) < 4.78 is 4.89. The zero-order valence-corrected chi connectivity index (χ0v) is 11.0. The second-order valence-electron chi connectivity index (χ2n) is 3.95. The fraction of sp³-hybridized carbons (Fsp3) is 0.692. The van der Waals surface area contributed by atoms with Gasteiger partial charge in [0.15, 0.2) is 0 Å². The maximum absolute atomic E-state index is 11.6. The first-order valence-corrected chi connectivity index (χ1v) is 6.24. The molecule has 0 aliphatic carbocycles. The van der Waals surface area contributed by atoms with Gasteiger partial charge in [0, 0.05) is 0 Å².